The molecule has 0 aliphatic rings. The van der Waals surface area contributed by atoms with E-state index in [0.717, 1.165) is 43.1 Å². The molecule has 6 heterocycles. The largest absolute Gasteiger partial charge is 0.346 e. The highest BCUT2D eigenvalue weighted by Gasteiger charge is 2.04. The molecular weight excluding hydrogens is 478 g/mol. The van der Waals surface area contributed by atoms with Gasteiger partial charge in [-0.2, -0.15) is 0 Å². The van der Waals surface area contributed by atoms with E-state index < -0.39 is 0 Å². The highest BCUT2D eigenvalue weighted by molar-refractivity contribution is 6.42. The number of nitrogens with one attached hydrogen (secondary N) is 3. The van der Waals surface area contributed by atoms with E-state index in [2.05, 4.69) is 29.9 Å². The second-order valence-electron chi connectivity index (χ2n) is 6.22. The van der Waals surface area contributed by atoms with Gasteiger partial charge >= 0.3 is 0 Å². The van der Waals surface area contributed by atoms with Crippen molar-refractivity contribution >= 4 is 79.5 Å². The first-order valence-electron chi connectivity index (χ1n) is 8.97. The van der Waals surface area contributed by atoms with Gasteiger partial charge in [0.05, 0.1) is 25.5 Å². The Balaban J connectivity index is 0.000000112. The zero-order valence-electron chi connectivity index (χ0n) is 15.7. The van der Waals surface area contributed by atoms with Gasteiger partial charge in [0.1, 0.15) is 16.9 Å². The number of rotatable bonds is 0. The van der Waals surface area contributed by atoms with Crippen LogP contribution >= 0.6 is 46.4 Å². The van der Waals surface area contributed by atoms with Crippen LogP contribution in [0.4, 0.5) is 0 Å². The van der Waals surface area contributed by atoms with E-state index in [1.165, 1.54) is 0 Å². The third kappa shape index (κ3) is 4.78. The Labute approximate surface area is 196 Å². The number of H-pyrrole nitrogens is 3. The van der Waals surface area contributed by atoms with E-state index in [4.69, 9.17) is 46.4 Å². The first kappa shape index (κ1) is 21.5. The van der Waals surface area contributed by atoms with Crippen LogP contribution < -0.4 is 0 Å². The lowest BCUT2D eigenvalue weighted by Crippen LogP contribution is -1.74. The van der Waals surface area contributed by atoms with Gasteiger partial charge in [0.15, 0.2) is 0 Å². The topological polar surface area (TPSA) is 86.0 Å². The van der Waals surface area contributed by atoms with E-state index in [0.29, 0.717) is 10.0 Å². The molecule has 6 aromatic rings. The van der Waals surface area contributed by atoms with Crippen LogP contribution in [-0.4, -0.2) is 29.9 Å². The van der Waals surface area contributed by atoms with Crippen molar-refractivity contribution < 1.29 is 0 Å². The number of nitrogens with zero attached hydrogens (tertiary/aromatic N) is 3. The Morgan fingerprint density at radius 3 is 1.90 bits per heavy atom. The summed E-state index contributed by atoms with van der Waals surface area (Å²) < 4.78 is 0. The molecule has 6 rings (SSSR count). The molecule has 6 nitrogen and oxygen atoms in total. The fraction of sp³-hybridized carbons (Fsp3) is 0. The van der Waals surface area contributed by atoms with Crippen molar-refractivity contribution in [3.05, 3.63) is 87.6 Å². The SMILES string of the molecule is Clc1c[nH]c2ncccc12.Clc1ccnc2[nH]cc(Cl)c12.Clc1ccnc2[nH]ccc12. The average Bonchev–Trinajstić information content (AvgIpc) is 3.50. The molecule has 0 aliphatic heterocycles. The standard InChI is InChI=1S/C7H4Cl2N2.2C7H5ClN2/c8-4-1-2-10-7-6(4)5(9)3-11-7;8-6-2-4-10-7-5(6)1-3-9-7;8-6-4-10-7-5(6)2-1-3-9-7/h1-3H,(H,10,11);2*1-4H,(H,9,10). The van der Waals surface area contributed by atoms with Crippen molar-refractivity contribution in [2.45, 2.75) is 0 Å². The van der Waals surface area contributed by atoms with E-state index >= 15 is 0 Å². The van der Waals surface area contributed by atoms with Crippen LogP contribution in [-0.2, 0) is 0 Å². The summed E-state index contributed by atoms with van der Waals surface area (Å²) in [5, 5.41) is 5.44. The van der Waals surface area contributed by atoms with Gasteiger partial charge in [0, 0.05) is 48.0 Å². The van der Waals surface area contributed by atoms with Gasteiger partial charge in [-0.1, -0.05) is 46.4 Å². The molecule has 0 unspecified atom stereocenters. The quantitative estimate of drug-likeness (QED) is 0.208. The van der Waals surface area contributed by atoms with Gasteiger partial charge < -0.3 is 15.0 Å². The lowest BCUT2D eigenvalue weighted by molar-refractivity contribution is 1.33. The molecule has 0 aromatic carbocycles. The van der Waals surface area contributed by atoms with Crippen LogP contribution in [0.25, 0.3) is 33.1 Å². The second kappa shape index (κ2) is 9.58. The zero-order chi connectivity index (χ0) is 21.8. The minimum absolute atomic E-state index is 0.609. The highest BCUT2D eigenvalue weighted by atomic mass is 35.5. The van der Waals surface area contributed by atoms with Crippen LogP contribution in [0.2, 0.25) is 20.1 Å². The monoisotopic (exact) mass is 490 g/mol. The summed E-state index contributed by atoms with van der Waals surface area (Å²) >= 11 is 23.3. The van der Waals surface area contributed by atoms with E-state index in [9.17, 15) is 0 Å². The van der Waals surface area contributed by atoms with Crippen LogP contribution in [0, 0.1) is 0 Å². The van der Waals surface area contributed by atoms with Gasteiger partial charge in [-0.05, 0) is 30.3 Å². The van der Waals surface area contributed by atoms with Gasteiger partial charge in [0.2, 0.25) is 0 Å². The molecule has 6 aromatic heterocycles. The van der Waals surface area contributed by atoms with E-state index in [1.54, 1.807) is 43.1 Å². The molecule has 0 spiro atoms. The molecule has 0 aliphatic carbocycles. The number of aromatic amines is 3. The lowest BCUT2D eigenvalue weighted by Gasteiger charge is -1.91. The van der Waals surface area contributed by atoms with E-state index in [-0.39, 0.29) is 0 Å². The average molecular weight is 492 g/mol. The molecule has 0 bridgehead atoms. The fourth-order valence-electron chi connectivity index (χ4n) is 2.83. The van der Waals surface area contributed by atoms with Crippen LogP contribution in [0.1, 0.15) is 0 Å². The smallest absolute Gasteiger partial charge is 0.140 e. The Hall–Kier alpha value is -2.77. The molecule has 0 atom stereocenters. The molecule has 156 valence electrons. The molecule has 31 heavy (non-hydrogen) atoms. The summed E-state index contributed by atoms with van der Waals surface area (Å²) in [7, 11) is 0. The summed E-state index contributed by atoms with van der Waals surface area (Å²) in [5.41, 5.74) is 2.41. The number of aromatic nitrogens is 6. The Kier molecular flexibility index (Phi) is 6.63. The first-order valence-corrected chi connectivity index (χ1v) is 10.5. The number of hydrogen-bond acceptors (Lipinski definition) is 3. The predicted octanol–water partition coefficient (Wildman–Crippen LogP) is 7.30. The maximum atomic E-state index is 5.86. The summed E-state index contributed by atoms with van der Waals surface area (Å²) in [6, 6.07) is 9.19. The highest BCUT2D eigenvalue weighted by Crippen LogP contribution is 2.28. The van der Waals surface area contributed by atoms with Crippen LogP contribution in [0.15, 0.2) is 67.5 Å². The third-order valence-corrected chi connectivity index (χ3v) is 5.54. The maximum Gasteiger partial charge on any atom is 0.140 e. The second-order valence-corrected chi connectivity index (χ2v) is 7.85. The normalized spacial score (nSPS) is 10.6. The Morgan fingerprint density at radius 1 is 0.548 bits per heavy atom. The van der Waals surface area contributed by atoms with Gasteiger partial charge in [-0.3, -0.25) is 0 Å². The maximum absolute atomic E-state index is 5.86. The molecule has 0 fully saturated rings. The molecule has 0 radical (unpaired) electrons. The molecule has 0 saturated carbocycles. The van der Waals surface area contributed by atoms with Gasteiger partial charge in [-0.25, -0.2) is 15.0 Å². The molecule has 0 saturated heterocycles. The van der Waals surface area contributed by atoms with Gasteiger partial charge in [-0.15, -0.1) is 0 Å². The first-order chi connectivity index (χ1) is 15.0. The lowest BCUT2D eigenvalue weighted by atomic mass is 10.3. The predicted molar refractivity (Wildman–Crippen MR) is 128 cm³/mol. The summed E-state index contributed by atoms with van der Waals surface area (Å²) in [6.45, 7) is 0. The molecule has 3 N–H and O–H groups in total. The van der Waals surface area contributed by atoms with Crippen molar-refractivity contribution in [1.29, 1.82) is 0 Å². The van der Waals surface area contributed by atoms with Crippen LogP contribution in [0.5, 0.6) is 0 Å². The number of hydrogen-bond donors (Lipinski definition) is 3. The Morgan fingerprint density at radius 2 is 1.16 bits per heavy atom. The summed E-state index contributed by atoms with van der Waals surface area (Å²) in [5.74, 6) is 0. The van der Waals surface area contributed by atoms with E-state index in [1.807, 2.05) is 24.4 Å². The van der Waals surface area contributed by atoms with Gasteiger partial charge in [0.25, 0.3) is 0 Å². The minimum Gasteiger partial charge on any atom is -0.346 e. The summed E-state index contributed by atoms with van der Waals surface area (Å²) in [4.78, 5) is 21.0. The van der Waals surface area contributed by atoms with Crippen molar-refractivity contribution in [2.24, 2.45) is 0 Å². The molecular formula is C21H14Cl4N6. The van der Waals surface area contributed by atoms with Crippen molar-refractivity contribution in [3.8, 4) is 0 Å². The van der Waals surface area contributed by atoms with Crippen molar-refractivity contribution in [3.63, 3.8) is 0 Å². The number of pyridine rings is 3. The minimum atomic E-state index is 0.609. The molecule has 10 heteroatoms. The number of fused-ring (bicyclic) bond motifs is 3. The number of halogens is 4. The third-order valence-electron chi connectivity index (χ3n) is 4.28. The fourth-order valence-corrected chi connectivity index (χ4v) is 3.79. The zero-order valence-corrected chi connectivity index (χ0v) is 18.7. The van der Waals surface area contributed by atoms with Crippen LogP contribution in [0.3, 0.4) is 0 Å². The Bertz CT molecular complexity index is 1450. The van der Waals surface area contributed by atoms with Crippen molar-refractivity contribution in [1.82, 2.24) is 29.9 Å². The molecule has 0 amide bonds. The summed E-state index contributed by atoms with van der Waals surface area (Å²) in [6.07, 6.45) is 10.3. The van der Waals surface area contributed by atoms with Crippen molar-refractivity contribution in [2.75, 3.05) is 0 Å².